The molecule has 2 N–H and O–H groups in total. The third kappa shape index (κ3) is 27.3. The molecule has 45 heavy (non-hydrogen) atoms. The maximum Gasteiger partial charge on any atom is 0.300 e. The van der Waals surface area contributed by atoms with E-state index in [0.29, 0.717) is 29.2 Å². The summed E-state index contributed by atoms with van der Waals surface area (Å²) in [5.41, 5.74) is 0. The molecule has 6 nitrogen and oxygen atoms in total. The lowest BCUT2D eigenvalue weighted by molar-refractivity contribution is -0.134. The molecule has 2 saturated carbocycles. The fourth-order valence-corrected chi connectivity index (χ4v) is 6.99. The highest BCUT2D eigenvalue weighted by Gasteiger charge is 2.42. The minimum absolute atomic E-state index is 0.440. The van der Waals surface area contributed by atoms with Gasteiger partial charge in [0.15, 0.2) is 0 Å². The Morgan fingerprint density at radius 2 is 1.07 bits per heavy atom. The Morgan fingerprint density at radius 1 is 0.644 bits per heavy atom. The number of Topliss-reactive ketones (excluding diaryl/α,β-unsaturated/α-hetero) is 3. The van der Waals surface area contributed by atoms with Gasteiger partial charge in [-0.15, -0.1) is 0 Å². The molecule has 0 aliphatic heterocycles. The zero-order valence-corrected chi connectivity index (χ0v) is 30.1. The molecule has 0 amide bonds. The van der Waals surface area contributed by atoms with E-state index in [9.17, 15) is 14.4 Å². The van der Waals surface area contributed by atoms with Crippen molar-refractivity contribution in [1.82, 2.24) is 5.32 Å². The molecule has 2 fully saturated rings. The number of unbranched alkanes of at least 4 members (excludes halogenated alkanes) is 14. The first-order chi connectivity index (χ1) is 21.7. The molecule has 2 rings (SSSR count). The molecule has 0 saturated heterocycles. The van der Waals surface area contributed by atoms with Crippen molar-refractivity contribution in [2.24, 2.45) is 17.8 Å². The number of ketones is 3. The summed E-state index contributed by atoms with van der Waals surface area (Å²) in [6.45, 7) is 6.73. The summed E-state index contributed by atoms with van der Waals surface area (Å²) in [6, 6.07) is 0. The molecule has 0 aromatic carbocycles. The summed E-state index contributed by atoms with van der Waals surface area (Å²) < 4.78 is 0. The number of carboxylic acid groups (broad SMARTS) is 1. The summed E-state index contributed by atoms with van der Waals surface area (Å²) in [5, 5.41) is 10.5. The first kappa shape index (κ1) is 43.4. The van der Waals surface area contributed by atoms with Crippen molar-refractivity contribution in [2.45, 2.75) is 194 Å². The summed E-state index contributed by atoms with van der Waals surface area (Å²) in [4.78, 5) is 44.7. The van der Waals surface area contributed by atoms with Crippen LogP contribution >= 0.6 is 0 Å². The Kier molecular flexibility index (Phi) is 30.0. The van der Waals surface area contributed by atoms with Gasteiger partial charge in [-0.3, -0.25) is 19.2 Å². The molecular weight excluding hydrogens is 562 g/mol. The predicted molar refractivity (Wildman–Crippen MR) is 189 cm³/mol. The SMILES string of the molecule is CC(=O)O.CCCCCCCCC(=O)CCCCCCCCC(=O)CCCCC1CCC2CC(=O)CC12.CCCCCCNC. The van der Waals surface area contributed by atoms with Gasteiger partial charge in [0.2, 0.25) is 0 Å². The lowest BCUT2D eigenvalue weighted by atomic mass is 9.88. The van der Waals surface area contributed by atoms with Crippen LogP contribution in [0.25, 0.3) is 0 Å². The van der Waals surface area contributed by atoms with E-state index in [1.807, 2.05) is 7.05 Å². The van der Waals surface area contributed by atoms with E-state index < -0.39 is 5.97 Å². The van der Waals surface area contributed by atoms with Crippen LogP contribution < -0.4 is 5.32 Å². The molecular formula is C39H73NO5. The van der Waals surface area contributed by atoms with Gasteiger partial charge in [-0.25, -0.2) is 0 Å². The predicted octanol–water partition coefficient (Wildman–Crippen LogP) is 10.4. The summed E-state index contributed by atoms with van der Waals surface area (Å²) in [7, 11) is 2.01. The highest BCUT2D eigenvalue weighted by Crippen LogP contribution is 2.47. The van der Waals surface area contributed by atoms with E-state index >= 15 is 0 Å². The highest BCUT2D eigenvalue weighted by atomic mass is 16.4. The van der Waals surface area contributed by atoms with Crippen molar-refractivity contribution < 1.29 is 24.3 Å². The van der Waals surface area contributed by atoms with Crippen molar-refractivity contribution in [3.63, 3.8) is 0 Å². The average molecular weight is 636 g/mol. The smallest absolute Gasteiger partial charge is 0.300 e. The van der Waals surface area contributed by atoms with Gasteiger partial charge in [0.05, 0.1) is 0 Å². The summed E-state index contributed by atoms with van der Waals surface area (Å²) in [5.74, 6) is 2.67. The fourth-order valence-electron chi connectivity index (χ4n) is 6.99. The quantitative estimate of drug-likeness (QED) is 0.0917. The summed E-state index contributed by atoms with van der Waals surface area (Å²) >= 11 is 0. The molecule has 3 unspecified atom stereocenters. The Labute approximate surface area is 278 Å². The number of carbonyl (C=O) groups excluding carboxylic acids is 3. The number of rotatable bonds is 26. The maximum atomic E-state index is 12.2. The van der Waals surface area contributed by atoms with E-state index in [-0.39, 0.29) is 0 Å². The van der Waals surface area contributed by atoms with Crippen LogP contribution in [0.2, 0.25) is 0 Å². The number of hydrogen-bond acceptors (Lipinski definition) is 5. The second-order valence-electron chi connectivity index (χ2n) is 13.9. The number of aliphatic carboxylic acids is 1. The van der Waals surface area contributed by atoms with Gasteiger partial charge in [0.25, 0.3) is 5.97 Å². The van der Waals surface area contributed by atoms with E-state index in [1.54, 1.807) is 0 Å². The molecule has 0 spiro atoms. The van der Waals surface area contributed by atoms with Crippen molar-refractivity contribution in [1.29, 1.82) is 0 Å². The van der Waals surface area contributed by atoms with Gasteiger partial charge >= 0.3 is 0 Å². The van der Waals surface area contributed by atoms with Crippen LogP contribution in [0.3, 0.4) is 0 Å². The molecule has 0 aromatic rings. The van der Waals surface area contributed by atoms with Gasteiger partial charge < -0.3 is 10.4 Å². The van der Waals surface area contributed by atoms with Gasteiger partial charge in [0, 0.05) is 45.4 Å². The highest BCUT2D eigenvalue weighted by molar-refractivity contribution is 5.81. The van der Waals surface area contributed by atoms with Gasteiger partial charge in [-0.05, 0) is 76.3 Å². The first-order valence-corrected chi connectivity index (χ1v) is 19.1. The molecule has 0 bridgehead atoms. The molecule has 6 heteroatoms. The molecule has 3 atom stereocenters. The van der Waals surface area contributed by atoms with Gasteiger partial charge in [-0.1, -0.05) is 104 Å². The fraction of sp³-hybridized carbons (Fsp3) is 0.897. The monoisotopic (exact) mass is 636 g/mol. The minimum atomic E-state index is -0.833. The lowest BCUT2D eigenvalue weighted by Crippen LogP contribution is -2.10. The molecule has 0 radical (unpaired) electrons. The van der Waals surface area contributed by atoms with Gasteiger partial charge in [-0.2, -0.15) is 0 Å². The number of carboxylic acids is 1. The minimum Gasteiger partial charge on any atom is -0.481 e. The van der Waals surface area contributed by atoms with Crippen LogP contribution in [0.4, 0.5) is 0 Å². The molecule has 264 valence electrons. The van der Waals surface area contributed by atoms with Crippen LogP contribution in [-0.4, -0.2) is 42.0 Å². The Hall–Kier alpha value is -1.56. The number of hydrogen-bond donors (Lipinski definition) is 2. The molecule has 2 aliphatic carbocycles. The number of nitrogens with one attached hydrogen (secondary N) is 1. The zero-order chi connectivity index (χ0) is 33.5. The third-order valence-electron chi connectivity index (χ3n) is 9.60. The van der Waals surface area contributed by atoms with Crippen molar-refractivity contribution >= 4 is 23.3 Å². The van der Waals surface area contributed by atoms with Crippen molar-refractivity contribution in [3.8, 4) is 0 Å². The van der Waals surface area contributed by atoms with Crippen LogP contribution in [0.15, 0.2) is 0 Å². The average Bonchev–Trinajstić information content (AvgIpc) is 3.56. The third-order valence-corrected chi connectivity index (χ3v) is 9.60. The second-order valence-corrected chi connectivity index (χ2v) is 13.9. The Bertz CT molecular complexity index is 742. The Balaban J connectivity index is 0.00000136. The van der Waals surface area contributed by atoms with E-state index in [1.165, 1.54) is 96.4 Å². The van der Waals surface area contributed by atoms with Crippen LogP contribution in [0.1, 0.15) is 194 Å². The van der Waals surface area contributed by atoms with Gasteiger partial charge in [0.1, 0.15) is 17.3 Å². The summed E-state index contributed by atoms with van der Waals surface area (Å²) in [6.07, 6.45) is 30.5. The van der Waals surface area contributed by atoms with Crippen LogP contribution in [-0.2, 0) is 19.2 Å². The maximum absolute atomic E-state index is 12.2. The van der Waals surface area contributed by atoms with Crippen LogP contribution in [0.5, 0.6) is 0 Å². The number of fused-ring (bicyclic) bond motifs is 1. The first-order valence-electron chi connectivity index (χ1n) is 19.1. The van der Waals surface area contributed by atoms with Crippen molar-refractivity contribution in [3.05, 3.63) is 0 Å². The molecule has 0 heterocycles. The zero-order valence-electron chi connectivity index (χ0n) is 30.1. The second kappa shape index (κ2) is 31.1. The van der Waals surface area contributed by atoms with E-state index in [2.05, 4.69) is 19.2 Å². The normalized spacial score (nSPS) is 18.5. The largest absolute Gasteiger partial charge is 0.481 e. The molecule has 0 aromatic heterocycles. The van der Waals surface area contributed by atoms with E-state index in [4.69, 9.17) is 9.90 Å². The Morgan fingerprint density at radius 3 is 1.53 bits per heavy atom. The molecule has 2 aliphatic rings. The lowest BCUT2D eigenvalue weighted by Gasteiger charge is -2.17. The standard InChI is InChI=1S/C30H52O3.C7H17N.C2H4O2/c1-2-3-4-5-8-11-17-27(31)18-12-9-6-7-10-13-19-28(32)20-15-14-16-25-21-22-26-23-29(33)24-30(25)26;1-3-4-5-6-7-8-2;1-2(3)4/h25-26,30H,2-24H2,1H3;8H,3-7H2,1-2H3;1H3,(H,3,4). The van der Waals surface area contributed by atoms with Crippen LogP contribution in [0, 0.1) is 17.8 Å². The van der Waals surface area contributed by atoms with Crippen molar-refractivity contribution in [2.75, 3.05) is 13.6 Å². The number of carbonyl (C=O) groups is 4. The van der Waals surface area contributed by atoms with E-state index in [0.717, 1.165) is 96.3 Å². The topological polar surface area (TPSA) is 101 Å².